The zero-order valence-electron chi connectivity index (χ0n) is 30.8. The number of amides is 1. The van der Waals surface area contributed by atoms with Gasteiger partial charge in [0.2, 0.25) is 16.0 Å². The Balaban J connectivity index is 1.14. The molecular formula is C35H46BrN11O5S. The molecule has 0 atom stereocenters. The van der Waals surface area contributed by atoms with Gasteiger partial charge in [-0.1, -0.05) is 0 Å². The second-order valence-corrected chi connectivity index (χ2v) is 17.0. The quantitative estimate of drug-likeness (QED) is 0.188. The number of aromatic nitrogens is 4. The highest BCUT2D eigenvalue weighted by Crippen LogP contribution is 2.39. The fourth-order valence-electron chi connectivity index (χ4n) is 6.56. The fourth-order valence-corrected chi connectivity index (χ4v) is 7.37. The van der Waals surface area contributed by atoms with Gasteiger partial charge in [0.25, 0.3) is 0 Å². The van der Waals surface area contributed by atoms with Crippen molar-refractivity contribution in [1.82, 2.24) is 29.7 Å². The number of carbonyl (C=O) groups is 1. The molecule has 4 aromatic rings. The van der Waals surface area contributed by atoms with Gasteiger partial charge in [-0.2, -0.15) is 4.98 Å². The van der Waals surface area contributed by atoms with Crippen molar-refractivity contribution in [2.45, 2.75) is 45.3 Å². The summed E-state index contributed by atoms with van der Waals surface area (Å²) in [5.41, 5.74) is 9.94. The van der Waals surface area contributed by atoms with Crippen molar-refractivity contribution < 1.29 is 22.7 Å². The lowest BCUT2D eigenvalue weighted by Crippen LogP contribution is -2.55. The predicted molar refractivity (Wildman–Crippen MR) is 211 cm³/mol. The van der Waals surface area contributed by atoms with Crippen molar-refractivity contribution in [3.8, 4) is 5.75 Å². The number of nitrogens with two attached hydrogens (primary N) is 1. The number of hydrogen-bond acceptors (Lipinski definition) is 14. The molecule has 2 aromatic heterocycles. The molecule has 1 amide bonds. The van der Waals surface area contributed by atoms with Gasteiger partial charge in [0.05, 0.1) is 46.1 Å². The minimum atomic E-state index is -3.64. The standard InChI is InChI=1S/C35H46BrN11O5S/c1-35(2,3)52-34(48)47-17-15-45(16-18-47)22-9-13-46(14-10-22)28-20-29(51-5)27(19-24(28)37)42-33-40-21-23(36)32(43-33)41-26-8-7-25-30(39-12-11-38-25)31(26)44(4)53(6,49)50/h7-8,11-12,19-22H,9-10,13-18,37H2,1-6H3,(H2,40,41,42,43). The van der Waals surface area contributed by atoms with Crippen molar-refractivity contribution >= 4 is 83.3 Å². The van der Waals surface area contributed by atoms with Crippen LogP contribution in [0.4, 0.5) is 45.0 Å². The van der Waals surface area contributed by atoms with Crippen LogP contribution < -0.4 is 30.3 Å². The molecule has 2 saturated heterocycles. The van der Waals surface area contributed by atoms with Gasteiger partial charge >= 0.3 is 6.09 Å². The lowest BCUT2D eigenvalue weighted by atomic mass is 10.0. The summed E-state index contributed by atoms with van der Waals surface area (Å²) in [6.07, 6.45) is 7.48. The average molecular weight is 813 g/mol. The number of ether oxygens (including phenoxy) is 2. The Kier molecular flexibility index (Phi) is 11.0. The largest absolute Gasteiger partial charge is 0.494 e. The number of sulfonamides is 1. The van der Waals surface area contributed by atoms with Crippen molar-refractivity contribution in [3.05, 3.63) is 47.3 Å². The molecule has 0 spiro atoms. The fraction of sp³-hybridized carbons (Fsp3) is 0.457. The Morgan fingerprint density at radius 1 is 1.00 bits per heavy atom. The van der Waals surface area contributed by atoms with Gasteiger partial charge in [-0.25, -0.2) is 18.2 Å². The average Bonchev–Trinajstić information content (AvgIpc) is 3.12. The topological polar surface area (TPSA) is 184 Å². The van der Waals surface area contributed by atoms with Gasteiger partial charge in [-0.3, -0.25) is 19.2 Å². The number of nitrogens with zero attached hydrogens (tertiary/aromatic N) is 8. The molecule has 0 saturated carbocycles. The Labute approximate surface area is 318 Å². The molecule has 0 radical (unpaired) electrons. The van der Waals surface area contributed by atoms with Crippen LogP contribution in [0.1, 0.15) is 33.6 Å². The summed E-state index contributed by atoms with van der Waals surface area (Å²) in [4.78, 5) is 36.9. The third-order valence-electron chi connectivity index (χ3n) is 9.31. The zero-order chi connectivity index (χ0) is 38.1. The van der Waals surface area contributed by atoms with Crippen LogP contribution in [0.15, 0.2) is 47.3 Å². The normalized spacial score (nSPS) is 16.1. The van der Waals surface area contributed by atoms with Crippen molar-refractivity contribution in [3.63, 3.8) is 0 Å². The van der Waals surface area contributed by atoms with E-state index in [1.807, 2.05) is 32.9 Å². The number of nitrogen functional groups attached to an aromatic ring is 1. The Morgan fingerprint density at radius 2 is 1.70 bits per heavy atom. The smallest absolute Gasteiger partial charge is 0.410 e. The maximum Gasteiger partial charge on any atom is 0.410 e. The number of methoxy groups -OCH3 is 1. The number of halogens is 1. The third kappa shape index (κ3) is 8.76. The van der Waals surface area contributed by atoms with Crippen LogP contribution in [0, 0.1) is 0 Å². The first-order chi connectivity index (χ1) is 25.1. The summed E-state index contributed by atoms with van der Waals surface area (Å²) in [5, 5.41) is 6.48. The molecule has 4 heterocycles. The third-order valence-corrected chi connectivity index (χ3v) is 11.1. The maximum absolute atomic E-state index is 12.6. The second-order valence-electron chi connectivity index (χ2n) is 14.1. The number of carbonyl (C=O) groups excluding carboxylic acids is 1. The molecule has 2 aliphatic heterocycles. The number of piperazine rings is 1. The van der Waals surface area contributed by atoms with E-state index in [9.17, 15) is 13.2 Å². The molecule has 284 valence electrons. The minimum Gasteiger partial charge on any atom is -0.494 e. The minimum absolute atomic E-state index is 0.247. The van der Waals surface area contributed by atoms with Crippen LogP contribution in [0.3, 0.4) is 0 Å². The van der Waals surface area contributed by atoms with Crippen LogP contribution in [0.2, 0.25) is 0 Å². The summed E-state index contributed by atoms with van der Waals surface area (Å²) >= 11 is 3.52. The Hall–Kier alpha value is -4.68. The van der Waals surface area contributed by atoms with Crippen LogP contribution >= 0.6 is 15.9 Å². The van der Waals surface area contributed by atoms with E-state index < -0.39 is 15.6 Å². The highest BCUT2D eigenvalue weighted by Gasteiger charge is 2.31. The second kappa shape index (κ2) is 15.4. The predicted octanol–water partition coefficient (Wildman–Crippen LogP) is 5.18. The van der Waals surface area contributed by atoms with Gasteiger partial charge in [-0.15, -0.1) is 0 Å². The molecule has 53 heavy (non-hydrogen) atoms. The summed E-state index contributed by atoms with van der Waals surface area (Å²) in [6.45, 7) is 10.3. The lowest BCUT2D eigenvalue weighted by Gasteiger charge is -2.43. The Morgan fingerprint density at radius 3 is 2.36 bits per heavy atom. The monoisotopic (exact) mass is 811 g/mol. The summed E-state index contributed by atoms with van der Waals surface area (Å²) in [6, 6.07) is 7.66. The van der Waals surface area contributed by atoms with E-state index in [-0.39, 0.29) is 12.0 Å². The number of fused-ring (bicyclic) bond motifs is 1. The van der Waals surface area contributed by atoms with E-state index in [1.165, 1.54) is 13.2 Å². The number of anilines is 7. The number of nitrogens with one attached hydrogen (secondary N) is 2. The summed E-state index contributed by atoms with van der Waals surface area (Å²) in [7, 11) is -0.578. The van der Waals surface area contributed by atoms with Crippen LogP contribution in [-0.2, 0) is 14.8 Å². The van der Waals surface area contributed by atoms with Crippen LogP contribution in [0.25, 0.3) is 11.0 Å². The first kappa shape index (κ1) is 38.1. The van der Waals surface area contributed by atoms with Crippen LogP contribution in [0.5, 0.6) is 5.75 Å². The molecule has 2 aliphatic rings. The first-order valence-electron chi connectivity index (χ1n) is 17.3. The molecule has 0 unspecified atom stereocenters. The number of benzene rings is 2. The van der Waals surface area contributed by atoms with E-state index in [0.717, 1.165) is 55.3 Å². The van der Waals surface area contributed by atoms with Crippen molar-refractivity contribution in [2.24, 2.45) is 0 Å². The van der Waals surface area contributed by atoms with E-state index in [4.69, 9.17) is 15.2 Å². The molecule has 4 N–H and O–H groups in total. The number of piperidine rings is 1. The highest BCUT2D eigenvalue weighted by molar-refractivity contribution is 9.10. The first-order valence-corrected chi connectivity index (χ1v) is 19.9. The van der Waals surface area contributed by atoms with Gasteiger partial charge in [-0.05, 0) is 67.7 Å². The molecule has 0 bridgehead atoms. The number of rotatable bonds is 9. The maximum atomic E-state index is 12.6. The van der Waals surface area contributed by atoms with E-state index in [0.29, 0.717) is 69.0 Å². The van der Waals surface area contributed by atoms with E-state index in [2.05, 4.69) is 56.3 Å². The SMILES string of the molecule is COc1cc(N2CCC(N3CCN(C(=O)OC(C)(C)C)CC3)CC2)c(N)cc1Nc1ncc(Br)c(Nc2ccc3nccnc3c2N(C)S(C)(=O)=O)n1. The van der Waals surface area contributed by atoms with Gasteiger partial charge in [0, 0.05) is 77.0 Å². The van der Waals surface area contributed by atoms with Crippen molar-refractivity contribution in [2.75, 3.05) is 85.3 Å². The highest BCUT2D eigenvalue weighted by atomic mass is 79.9. The van der Waals surface area contributed by atoms with Crippen LogP contribution in [-0.4, -0.2) is 116 Å². The van der Waals surface area contributed by atoms with Gasteiger partial charge in [0.1, 0.15) is 28.4 Å². The number of hydrogen-bond donors (Lipinski definition) is 3. The molecule has 0 aliphatic carbocycles. The zero-order valence-corrected chi connectivity index (χ0v) is 33.2. The van der Waals surface area contributed by atoms with Gasteiger partial charge < -0.3 is 35.6 Å². The molecule has 2 fully saturated rings. The molecule has 2 aromatic carbocycles. The van der Waals surface area contributed by atoms with Crippen molar-refractivity contribution in [1.29, 1.82) is 0 Å². The molecule has 16 nitrogen and oxygen atoms in total. The van der Waals surface area contributed by atoms with E-state index in [1.54, 1.807) is 36.5 Å². The molecule has 6 rings (SSSR count). The Bertz CT molecular complexity index is 2080. The molecule has 18 heteroatoms. The summed E-state index contributed by atoms with van der Waals surface area (Å²) in [5.74, 6) is 1.21. The van der Waals surface area contributed by atoms with Gasteiger partial charge in [0.15, 0.2) is 0 Å². The summed E-state index contributed by atoms with van der Waals surface area (Å²) < 4.78 is 38.3. The van der Waals surface area contributed by atoms with E-state index >= 15 is 0 Å². The lowest BCUT2D eigenvalue weighted by molar-refractivity contribution is 0.00902. The molecular weight excluding hydrogens is 766 g/mol.